The number of benzene rings is 1. The lowest BCUT2D eigenvalue weighted by Crippen LogP contribution is -2.18. The predicted molar refractivity (Wildman–Crippen MR) is 76.8 cm³/mol. The monoisotopic (exact) mass is 262 g/mol. The van der Waals surface area contributed by atoms with Crippen molar-refractivity contribution in [1.29, 1.82) is 0 Å². The molecule has 3 nitrogen and oxygen atoms in total. The zero-order chi connectivity index (χ0) is 14.6. The quantitative estimate of drug-likeness (QED) is 0.466. The summed E-state index contributed by atoms with van der Waals surface area (Å²) in [4.78, 5) is 11.5. The van der Waals surface area contributed by atoms with Crippen molar-refractivity contribution in [2.75, 3.05) is 7.11 Å². The van der Waals surface area contributed by atoms with Gasteiger partial charge in [-0.3, -0.25) is 0 Å². The van der Waals surface area contributed by atoms with E-state index in [0.29, 0.717) is 12.2 Å². The van der Waals surface area contributed by atoms with E-state index < -0.39 is 6.16 Å². The van der Waals surface area contributed by atoms with Crippen LogP contribution in [0.25, 0.3) is 0 Å². The zero-order valence-electron chi connectivity index (χ0n) is 12.4. The van der Waals surface area contributed by atoms with Gasteiger partial charge in [0.15, 0.2) is 0 Å². The van der Waals surface area contributed by atoms with Crippen LogP contribution in [0.15, 0.2) is 24.8 Å². The Balaban J connectivity index is 3.43. The van der Waals surface area contributed by atoms with E-state index in [4.69, 9.17) is 4.74 Å². The van der Waals surface area contributed by atoms with Gasteiger partial charge in [0.1, 0.15) is 5.75 Å². The van der Waals surface area contributed by atoms with Crippen LogP contribution in [0.1, 0.15) is 37.5 Å². The Morgan fingerprint density at radius 3 is 2.47 bits per heavy atom. The van der Waals surface area contributed by atoms with E-state index in [1.54, 1.807) is 6.08 Å². The van der Waals surface area contributed by atoms with Crippen molar-refractivity contribution in [2.24, 2.45) is 0 Å². The van der Waals surface area contributed by atoms with Crippen LogP contribution < -0.4 is 4.74 Å². The third kappa shape index (κ3) is 3.60. The minimum atomic E-state index is -0.693. The third-order valence-corrected chi connectivity index (χ3v) is 3.00. The van der Waals surface area contributed by atoms with Crippen LogP contribution in [0.2, 0.25) is 0 Å². The molecule has 0 N–H and O–H groups in total. The minimum Gasteiger partial charge on any atom is -0.437 e. The van der Waals surface area contributed by atoms with E-state index in [1.165, 1.54) is 7.11 Å². The lowest BCUT2D eigenvalue weighted by molar-refractivity contribution is 0.120. The molecule has 0 unspecified atom stereocenters. The van der Waals surface area contributed by atoms with Gasteiger partial charge < -0.3 is 9.47 Å². The Morgan fingerprint density at radius 2 is 2.00 bits per heavy atom. The molecule has 1 rings (SSSR count). The molecule has 0 aliphatic carbocycles. The van der Waals surface area contributed by atoms with Crippen molar-refractivity contribution < 1.29 is 14.3 Å². The van der Waals surface area contributed by atoms with Gasteiger partial charge in [0.05, 0.1) is 7.11 Å². The Labute approximate surface area is 115 Å². The van der Waals surface area contributed by atoms with E-state index in [0.717, 1.165) is 16.7 Å². The molecule has 0 radical (unpaired) electrons. The van der Waals surface area contributed by atoms with Crippen LogP contribution in [0.4, 0.5) is 4.79 Å². The SMILES string of the molecule is C=CCc1c(C)ccc(C(C)(C)C)c1OC(=O)OC. The first-order valence-electron chi connectivity index (χ1n) is 6.31. The van der Waals surface area contributed by atoms with Crippen molar-refractivity contribution in [3.05, 3.63) is 41.5 Å². The van der Waals surface area contributed by atoms with Crippen molar-refractivity contribution in [2.45, 2.75) is 39.5 Å². The van der Waals surface area contributed by atoms with Crippen LogP contribution in [-0.2, 0) is 16.6 Å². The Hall–Kier alpha value is -1.77. The first-order valence-corrected chi connectivity index (χ1v) is 6.31. The van der Waals surface area contributed by atoms with Gasteiger partial charge in [-0.15, -0.1) is 6.58 Å². The number of carbonyl (C=O) groups excluding carboxylic acids is 1. The van der Waals surface area contributed by atoms with E-state index in [-0.39, 0.29) is 5.41 Å². The van der Waals surface area contributed by atoms with Crippen molar-refractivity contribution in [1.82, 2.24) is 0 Å². The van der Waals surface area contributed by atoms with Gasteiger partial charge >= 0.3 is 6.16 Å². The molecule has 0 saturated heterocycles. The van der Waals surface area contributed by atoms with E-state index in [1.807, 2.05) is 19.1 Å². The van der Waals surface area contributed by atoms with Gasteiger partial charge in [-0.05, 0) is 24.3 Å². The number of allylic oxidation sites excluding steroid dienone is 1. The molecule has 0 bridgehead atoms. The van der Waals surface area contributed by atoms with Gasteiger partial charge in [0, 0.05) is 11.1 Å². The lowest BCUT2D eigenvalue weighted by Gasteiger charge is -2.24. The fraction of sp³-hybridized carbons (Fsp3) is 0.438. The highest BCUT2D eigenvalue weighted by Crippen LogP contribution is 2.36. The molecule has 104 valence electrons. The number of carbonyl (C=O) groups is 1. The summed E-state index contributed by atoms with van der Waals surface area (Å²) in [6, 6.07) is 4.05. The van der Waals surface area contributed by atoms with Gasteiger partial charge in [-0.2, -0.15) is 0 Å². The van der Waals surface area contributed by atoms with Crippen LogP contribution in [0.3, 0.4) is 0 Å². The van der Waals surface area contributed by atoms with Crippen LogP contribution in [0.5, 0.6) is 5.75 Å². The maximum Gasteiger partial charge on any atom is 0.513 e. The summed E-state index contributed by atoms with van der Waals surface area (Å²) in [7, 11) is 1.31. The maximum atomic E-state index is 11.5. The largest absolute Gasteiger partial charge is 0.513 e. The van der Waals surface area contributed by atoms with Crippen LogP contribution >= 0.6 is 0 Å². The molecule has 0 aliphatic heterocycles. The Morgan fingerprint density at radius 1 is 1.37 bits per heavy atom. The molecule has 0 aromatic heterocycles. The second-order valence-electron chi connectivity index (χ2n) is 5.54. The molecular weight excluding hydrogens is 240 g/mol. The van der Waals surface area contributed by atoms with Crippen molar-refractivity contribution in [3.8, 4) is 5.75 Å². The molecule has 0 heterocycles. The smallest absolute Gasteiger partial charge is 0.437 e. The molecule has 0 amide bonds. The van der Waals surface area contributed by atoms with Gasteiger partial charge in [0.25, 0.3) is 0 Å². The molecule has 1 aromatic rings. The molecular formula is C16H22O3. The average molecular weight is 262 g/mol. The molecule has 3 heteroatoms. The second kappa shape index (κ2) is 5.91. The normalized spacial score (nSPS) is 11.0. The summed E-state index contributed by atoms with van der Waals surface area (Å²) < 4.78 is 9.98. The summed E-state index contributed by atoms with van der Waals surface area (Å²) in [6.07, 6.45) is 1.77. The number of aryl methyl sites for hydroxylation is 1. The number of hydrogen-bond donors (Lipinski definition) is 0. The fourth-order valence-corrected chi connectivity index (χ4v) is 1.96. The number of rotatable bonds is 3. The first kappa shape index (κ1) is 15.3. The van der Waals surface area contributed by atoms with Gasteiger partial charge in [0.2, 0.25) is 0 Å². The van der Waals surface area contributed by atoms with Crippen LogP contribution in [0, 0.1) is 6.92 Å². The summed E-state index contributed by atoms with van der Waals surface area (Å²) in [5.74, 6) is 0.597. The summed E-state index contributed by atoms with van der Waals surface area (Å²) in [6.45, 7) is 12.0. The Kier molecular flexibility index (Phi) is 4.76. The third-order valence-electron chi connectivity index (χ3n) is 3.00. The van der Waals surface area contributed by atoms with Crippen molar-refractivity contribution >= 4 is 6.16 Å². The molecule has 0 atom stereocenters. The van der Waals surface area contributed by atoms with E-state index in [2.05, 4.69) is 32.1 Å². The molecule has 0 saturated carbocycles. The lowest BCUT2D eigenvalue weighted by atomic mass is 9.83. The summed E-state index contributed by atoms with van der Waals surface area (Å²) in [5, 5.41) is 0. The highest BCUT2D eigenvalue weighted by atomic mass is 16.7. The van der Waals surface area contributed by atoms with E-state index >= 15 is 0 Å². The standard InChI is InChI=1S/C16H22O3/c1-7-8-12-11(2)9-10-13(16(3,4)5)14(12)19-15(17)18-6/h7,9-10H,1,8H2,2-6H3. The zero-order valence-corrected chi connectivity index (χ0v) is 12.4. The topological polar surface area (TPSA) is 35.5 Å². The second-order valence-corrected chi connectivity index (χ2v) is 5.54. The van der Waals surface area contributed by atoms with E-state index in [9.17, 15) is 4.79 Å². The average Bonchev–Trinajstić information content (AvgIpc) is 2.32. The van der Waals surface area contributed by atoms with Crippen molar-refractivity contribution in [3.63, 3.8) is 0 Å². The van der Waals surface area contributed by atoms with Crippen LogP contribution in [-0.4, -0.2) is 13.3 Å². The minimum absolute atomic E-state index is 0.118. The highest BCUT2D eigenvalue weighted by molar-refractivity contribution is 5.66. The maximum absolute atomic E-state index is 11.5. The molecule has 0 fully saturated rings. The number of methoxy groups -OCH3 is 1. The molecule has 0 aliphatic rings. The number of hydrogen-bond acceptors (Lipinski definition) is 3. The molecule has 1 aromatic carbocycles. The summed E-state index contributed by atoms with van der Waals surface area (Å²) in [5.41, 5.74) is 2.92. The fourth-order valence-electron chi connectivity index (χ4n) is 1.96. The molecule has 19 heavy (non-hydrogen) atoms. The summed E-state index contributed by atoms with van der Waals surface area (Å²) >= 11 is 0. The first-order chi connectivity index (χ1) is 8.81. The molecule has 0 spiro atoms. The van der Waals surface area contributed by atoms with Gasteiger partial charge in [-0.1, -0.05) is 39.0 Å². The Bertz CT molecular complexity index is 482. The predicted octanol–water partition coefficient (Wildman–Crippen LogP) is 4.17. The highest BCUT2D eigenvalue weighted by Gasteiger charge is 2.24. The van der Waals surface area contributed by atoms with Gasteiger partial charge in [-0.25, -0.2) is 4.79 Å². The number of ether oxygens (including phenoxy) is 2.